The fourth-order valence-electron chi connectivity index (χ4n) is 10.1. The number of non-ortho nitro benzene ring substituents is 1. The maximum absolute atomic E-state index is 14.8. The Labute approximate surface area is 367 Å². The fourth-order valence-corrected chi connectivity index (χ4v) is 10.1. The average molecular weight is 868 g/mol. The third-order valence-electron chi connectivity index (χ3n) is 13.2. The molecule has 2 heterocycles. The second-order valence-electron chi connectivity index (χ2n) is 17.4. The SMILES string of the molecule is C=CCOC12Oc3ccc(Oc4cccc([N+](=O)[O-])c4)cc3C3C(CCCCO)C(CCCCO)C=C(C(=NOC4CCCCO4)CC1N(Cc1ccc(F)cc1)C(=O)C1CC1)C32. The molecule has 5 aliphatic rings. The van der Waals surface area contributed by atoms with Crippen LogP contribution in [0, 0.1) is 39.6 Å². The Balaban J connectivity index is 1.33. The summed E-state index contributed by atoms with van der Waals surface area (Å²) in [6, 6.07) is 17.1. The number of ether oxygens (including phenoxy) is 4. The first kappa shape index (κ1) is 44.5. The largest absolute Gasteiger partial charge is 0.459 e. The molecule has 7 unspecified atom stereocenters. The summed E-state index contributed by atoms with van der Waals surface area (Å²) in [5.74, 6) is -1.65. The topological polar surface area (TPSA) is 162 Å². The number of carbonyl (C=O) groups excluding carboxylic acids is 1. The molecule has 3 aromatic rings. The molecule has 0 aromatic heterocycles. The summed E-state index contributed by atoms with van der Waals surface area (Å²) in [5, 5.41) is 36.5. The van der Waals surface area contributed by atoms with Crippen LogP contribution in [0.5, 0.6) is 17.2 Å². The first-order chi connectivity index (χ1) is 30.7. The molecule has 2 saturated carbocycles. The predicted octanol–water partition coefficient (Wildman–Crippen LogP) is 9.13. The second-order valence-corrected chi connectivity index (χ2v) is 17.4. The number of nitro groups is 1. The second kappa shape index (κ2) is 20.1. The molecule has 3 fully saturated rings. The Morgan fingerprint density at radius 2 is 1.78 bits per heavy atom. The number of aliphatic hydroxyl groups is 2. The molecular weight excluding hydrogens is 810 g/mol. The number of allylic oxidation sites excluding steroid dienone is 1. The lowest BCUT2D eigenvalue weighted by atomic mass is 9.55. The Kier molecular flexibility index (Phi) is 14.2. The minimum absolute atomic E-state index is 0.00647. The molecule has 3 aromatic carbocycles. The van der Waals surface area contributed by atoms with Gasteiger partial charge in [0.15, 0.2) is 0 Å². The number of amides is 1. The van der Waals surface area contributed by atoms with Gasteiger partial charge in [-0.25, -0.2) is 4.39 Å². The Hall–Kier alpha value is -5.15. The molecule has 7 atom stereocenters. The van der Waals surface area contributed by atoms with E-state index in [1.165, 1.54) is 24.3 Å². The van der Waals surface area contributed by atoms with E-state index < -0.39 is 29.0 Å². The summed E-state index contributed by atoms with van der Waals surface area (Å²) < 4.78 is 41.1. The van der Waals surface area contributed by atoms with Gasteiger partial charge in [0.25, 0.3) is 5.69 Å². The highest BCUT2D eigenvalue weighted by Crippen LogP contribution is 2.62. The van der Waals surface area contributed by atoms with Gasteiger partial charge in [-0.2, -0.15) is 0 Å². The summed E-state index contributed by atoms with van der Waals surface area (Å²) in [4.78, 5) is 34.1. The molecule has 0 spiro atoms. The zero-order valence-electron chi connectivity index (χ0n) is 35.7. The van der Waals surface area contributed by atoms with Crippen LogP contribution < -0.4 is 9.47 Å². The molecule has 336 valence electrons. The molecule has 8 rings (SSSR count). The van der Waals surface area contributed by atoms with Crippen LogP contribution in [0.1, 0.15) is 94.1 Å². The van der Waals surface area contributed by atoms with Gasteiger partial charge in [-0.15, -0.1) is 6.58 Å². The van der Waals surface area contributed by atoms with Gasteiger partial charge in [0.2, 0.25) is 18.0 Å². The highest BCUT2D eigenvalue weighted by Gasteiger charge is 2.66. The van der Waals surface area contributed by atoms with Crippen LogP contribution in [0.4, 0.5) is 10.1 Å². The third-order valence-corrected chi connectivity index (χ3v) is 13.2. The van der Waals surface area contributed by atoms with E-state index in [2.05, 4.69) is 12.7 Å². The van der Waals surface area contributed by atoms with Crippen molar-refractivity contribution in [3.8, 4) is 17.2 Å². The highest BCUT2D eigenvalue weighted by atomic mass is 19.1. The van der Waals surface area contributed by atoms with Crippen LogP contribution >= 0.6 is 0 Å². The maximum Gasteiger partial charge on any atom is 0.273 e. The number of aliphatic hydroxyl groups excluding tert-OH is 2. The number of nitrogens with zero attached hydrogens (tertiary/aromatic N) is 3. The first-order valence-electron chi connectivity index (χ1n) is 22.6. The third kappa shape index (κ3) is 9.84. The molecule has 1 amide bonds. The fraction of sp³-hybridized carbons (Fsp3) is 0.510. The van der Waals surface area contributed by atoms with Gasteiger partial charge < -0.3 is 38.9 Å². The van der Waals surface area contributed by atoms with E-state index in [1.807, 2.05) is 17.0 Å². The van der Waals surface area contributed by atoms with E-state index in [4.69, 9.17) is 28.9 Å². The zero-order valence-corrected chi connectivity index (χ0v) is 35.7. The standard InChI is InChI=1S/C49H58FN3O10/c1-2-25-60-49-44(52(48(56)33-17-18-33)31-32-15-19-35(50)20-16-32)30-42(51-63-45-14-5-8-26-59-45)40-27-34(10-3-6-23-54)39(13-4-7-24-55)46(47(40)49)41-29-38(21-22-43(41)62-49)61-37-12-9-11-36(28-37)53(57)58/h2,9,11-12,15-16,19-22,27-29,33-34,39,44-47,54-55H,1,3-8,10,13-14,17-18,23-26,30-31H2. The van der Waals surface area contributed by atoms with E-state index in [0.29, 0.717) is 48.8 Å². The number of rotatable bonds is 20. The molecule has 1 saturated heterocycles. The van der Waals surface area contributed by atoms with E-state index in [0.717, 1.165) is 68.1 Å². The van der Waals surface area contributed by atoms with Crippen LogP contribution in [0.2, 0.25) is 0 Å². The molecule has 0 bridgehead atoms. The maximum atomic E-state index is 14.8. The number of carbonyl (C=O) groups is 1. The summed E-state index contributed by atoms with van der Waals surface area (Å²) in [6.45, 7) is 4.99. The summed E-state index contributed by atoms with van der Waals surface area (Å²) in [7, 11) is 0. The average Bonchev–Trinajstić information content (AvgIpc) is 4.15. The van der Waals surface area contributed by atoms with Crippen LogP contribution in [-0.4, -0.2) is 76.2 Å². The number of unbranched alkanes of at least 4 members (excludes halogenated alkanes) is 2. The number of halogens is 1. The van der Waals surface area contributed by atoms with Gasteiger partial charge in [-0.3, -0.25) is 14.9 Å². The van der Waals surface area contributed by atoms with E-state index in [-0.39, 0.29) is 73.9 Å². The Morgan fingerprint density at radius 1 is 1.00 bits per heavy atom. The van der Waals surface area contributed by atoms with Crippen molar-refractivity contribution in [2.24, 2.45) is 28.8 Å². The number of hydrogen-bond donors (Lipinski definition) is 2. The molecule has 3 aliphatic carbocycles. The van der Waals surface area contributed by atoms with E-state index in [9.17, 15) is 29.5 Å². The van der Waals surface area contributed by atoms with Crippen LogP contribution in [-0.2, 0) is 25.7 Å². The van der Waals surface area contributed by atoms with Gasteiger partial charge in [0, 0.05) is 56.1 Å². The smallest absolute Gasteiger partial charge is 0.273 e. The number of fused-ring (bicyclic) bond motifs is 2. The zero-order chi connectivity index (χ0) is 43.9. The van der Waals surface area contributed by atoms with Crippen molar-refractivity contribution in [2.75, 3.05) is 26.4 Å². The lowest BCUT2D eigenvalue weighted by Gasteiger charge is -2.60. The molecule has 14 heteroatoms. The van der Waals surface area contributed by atoms with Crippen molar-refractivity contribution in [2.45, 2.75) is 108 Å². The van der Waals surface area contributed by atoms with Gasteiger partial charge in [-0.05, 0) is 111 Å². The van der Waals surface area contributed by atoms with Gasteiger partial charge >= 0.3 is 0 Å². The first-order valence-corrected chi connectivity index (χ1v) is 22.6. The molecule has 2 N–H and O–H groups in total. The number of hydrogen-bond acceptors (Lipinski definition) is 11. The Bertz CT molecular complexity index is 2150. The van der Waals surface area contributed by atoms with Crippen molar-refractivity contribution in [1.29, 1.82) is 0 Å². The van der Waals surface area contributed by atoms with Crippen LogP contribution in [0.25, 0.3) is 0 Å². The monoisotopic (exact) mass is 867 g/mol. The summed E-state index contributed by atoms with van der Waals surface area (Å²) in [6.07, 6.45) is 12.0. The predicted molar refractivity (Wildman–Crippen MR) is 232 cm³/mol. The number of benzene rings is 3. The quantitative estimate of drug-likeness (QED) is 0.0485. The van der Waals surface area contributed by atoms with Crippen LogP contribution in [0.3, 0.4) is 0 Å². The van der Waals surface area contributed by atoms with Crippen molar-refractivity contribution in [3.63, 3.8) is 0 Å². The molecular formula is C49H58FN3O10. The van der Waals surface area contributed by atoms with Crippen molar-refractivity contribution < 1.29 is 48.1 Å². The number of oxime groups is 1. The highest BCUT2D eigenvalue weighted by molar-refractivity contribution is 6.03. The lowest BCUT2D eigenvalue weighted by molar-refractivity contribution is -0.384. The summed E-state index contributed by atoms with van der Waals surface area (Å²) >= 11 is 0. The molecule has 0 radical (unpaired) electrons. The summed E-state index contributed by atoms with van der Waals surface area (Å²) in [5.41, 5.74) is 3.05. The lowest BCUT2D eigenvalue weighted by Crippen LogP contribution is -2.70. The molecule has 63 heavy (non-hydrogen) atoms. The minimum atomic E-state index is -1.48. The Morgan fingerprint density at radius 3 is 2.49 bits per heavy atom. The van der Waals surface area contributed by atoms with Crippen LogP contribution in [0.15, 0.2) is 96.2 Å². The van der Waals surface area contributed by atoms with Gasteiger partial charge in [0.05, 0.1) is 35.8 Å². The van der Waals surface area contributed by atoms with Crippen molar-refractivity contribution in [1.82, 2.24) is 4.90 Å². The normalized spacial score (nSPS) is 26.7. The number of nitro benzene ring substituents is 1. The molecule has 13 nitrogen and oxygen atoms in total. The minimum Gasteiger partial charge on any atom is -0.459 e. The van der Waals surface area contributed by atoms with E-state index >= 15 is 0 Å². The van der Waals surface area contributed by atoms with Gasteiger partial charge in [-0.1, -0.05) is 48.3 Å². The van der Waals surface area contributed by atoms with Gasteiger partial charge in [0.1, 0.15) is 29.1 Å². The van der Waals surface area contributed by atoms with Crippen molar-refractivity contribution >= 4 is 17.3 Å². The van der Waals surface area contributed by atoms with E-state index in [1.54, 1.807) is 36.4 Å². The molecule has 2 aliphatic heterocycles. The van der Waals surface area contributed by atoms with Crippen molar-refractivity contribution in [3.05, 3.63) is 118 Å².